The molecule has 12 nitrogen and oxygen atoms in total. The first kappa shape index (κ1) is 51.3. The molecule has 6 N–H and O–H groups in total. The highest BCUT2D eigenvalue weighted by Crippen LogP contribution is 2.47. The van der Waals surface area contributed by atoms with Gasteiger partial charge in [-0.2, -0.15) is 0 Å². The van der Waals surface area contributed by atoms with E-state index in [9.17, 15) is 39.8 Å². The normalized spacial score (nSPS) is 24.1. The van der Waals surface area contributed by atoms with E-state index in [1.54, 1.807) is 0 Å². The SMILES string of the molecule is CC/C=C\C/C=C\C/C=C\C/C=C\CCCCCOCC(COP(=O)(O)OC1C(O)C(O)C(O)C(O)C1O)OC(=O)CC/C=C\C/C=C\C/C=C\C/C=C\CC. The Balaban J connectivity index is 2.54. The minimum atomic E-state index is -5.05. The van der Waals surface area contributed by atoms with Crippen molar-refractivity contribution >= 4 is 13.8 Å². The predicted molar refractivity (Wildman–Crippen MR) is 220 cm³/mol. The summed E-state index contributed by atoms with van der Waals surface area (Å²) >= 11 is 0. The summed E-state index contributed by atoms with van der Waals surface area (Å²) in [7, 11) is -5.05. The quantitative estimate of drug-likeness (QED) is 0.0179. The van der Waals surface area contributed by atoms with Gasteiger partial charge in [0.15, 0.2) is 0 Å². The van der Waals surface area contributed by atoms with Crippen LogP contribution in [0.3, 0.4) is 0 Å². The lowest BCUT2D eigenvalue weighted by Crippen LogP contribution is -2.64. The fraction of sp³-hybridized carbons (Fsp3) is 0.605. The Morgan fingerprint density at radius 3 is 1.48 bits per heavy atom. The van der Waals surface area contributed by atoms with E-state index >= 15 is 0 Å². The van der Waals surface area contributed by atoms with Gasteiger partial charge in [0.1, 0.15) is 42.7 Å². The fourth-order valence-electron chi connectivity index (χ4n) is 5.30. The zero-order valence-electron chi connectivity index (χ0n) is 33.4. The smallest absolute Gasteiger partial charge is 0.457 e. The van der Waals surface area contributed by atoms with Crippen molar-refractivity contribution in [2.75, 3.05) is 19.8 Å². The number of esters is 1. The first-order valence-corrected chi connectivity index (χ1v) is 21.6. The third-order valence-electron chi connectivity index (χ3n) is 8.47. The Morgan fingerprint density at radius 1 is 0.571 bits per heavy atom. The van der Waals surface area contributed by atoms with E-state index in [1.165, 1.54) is 0 Å². The van der Waals surface area contributed by atoms with Crippen molar-refractivity contribution in [1.29, 1.82) is 0 Å². The monoisotopic (exact) mass is 808 g/mol. The van der Waals surface area contributed by atoms with Gasteiger partial charge in [-0.25, -0.2) is 4.57 Å². The Bertz CT molecular complexity index is 1290. The van der Waals surface area contributed by atoms with E-state index in [0.29, 0.717) is 13.0 Å². The van der Waals surface area contributed by atoms with Gasteiger partial charge < -0.3 is 39.9 Å². The number of ether oxygens (including phenoxy) is 2. The molecule has 0 radical (unpaired) electrons. The molecular formula is C43H69O12P. The van der Waals surface area contributed by atoms with E-state index in [4.69, 9.17) is 18.5 Å². The molecule has 1 saturated carbocycles. The van der Waals surface area contributed by atoms with Crippen LogP contribution in [0.25, 0.3) is 0 Å². The number of rotatable bonds is 31. The molecule has 13 heteroatoms. The number of carbonyl (C=O) groups excluding carboxylic acids is 1. The van der Waals surface area contributed by atoms with Gasteiger partial charge in [0.2, 0.25) is 0 Å². The van der Waals surface area contributed by atoms with Crippen molar-refractivity contribution in [2.45, 2.75) is 146 Å². The summed E-state index contributed by atoms with van der Waals surface area (Å²) in [6, 6.07) is 0. The average Bonchev–Trinajstić information content (AvgIpc) is 3.18. The van der Waals surface area contributed by atoms with Crippen molar-refractivity contribution in [3.05, 3.63) is 97.2 Å². The molecule has 6 atom stereocenters. The molecule has 0 aromatic rings. The fourth-order valence-corrected chi connectivity index (χ4v) is 6.27. The van der Waals surface area contributed by atoms with Crippen LogP contribution >= 0.6 is 7.82 Å². The summed E-state index contributed by atoms with van der Waals surface area (Å²) in [5, 5.41) is 50.0. The highest BCUT2D eigenvalue weighted by Gasteiger charge is 2.51. The molecule has 1 fully saturated rings. The van der Waals surface area contributed by atoms with Crippen LogP contribution in [0.5, 0.6) is 0 Å². The minimum Gasteiger partial charge on any atom is -0.457 e. The number of hydrogen-bond donors (Lipinski definition) is 6. The summed E-state index contributed by atoms with van der Waals surface area (Å²) in [5.41, 5.74) is 0. The van der Waals surface area contributed by atoms with Crippen LogP contribution in [0.2, 0.25) is 0 Å². The van der Waals surface area contributed by atoms with Crippen molar-refractivity contribution in [1.82, 2.24) is 0 Å². The van der Waals surface area contributed by atoms with Gasteiger partial charge in [0, 0.05) is 13.0 Å². The molecule has 0 heterocycles. The molecule has 1 rings (SSSR count). The van der Waals surface area contributed by atoms with Crippen molar-refractivity contribution in [3.63, 3.8) is 0 Å². The maximum atomic E-state index is 12.8. The first-order chi connectivity index (χ1) is 27.0. The van der Waals surface area contributed by atoms with Gasteiger partial charge in [0.25, 0.3) is 0 Å². The van der Waals surface area contributed by atoms with Crippen LogP contribution < -0.4 is 0 Å². The summed E-state index contributed by atoms with van der Waals surface area (Å²) in [4.78, 5) is 23.0. The number of unbranched alkanes of at least 4 members (excludes halogenated alkanes) is 3. The molecule has 1 aliphatic carbocycles. The molecule has 0 aromatic carbocycles. The lowest BCUT2D eigenvalue weighted by atomic mass is 9.85. The largest absolute Gasteiger partial charge is 0.472 e. The predicted octanol–water partition coefficient (Wildman–Crippen LogP) is 7.19. The van der Waals surface area contributed by atoms with Gasteiger partial charge in [0.05, 0.1) is 13.2 Å². The third kappa shape index (κ3) is 25.5. The van der Waals surface area contributed by atoms with Crippen molar-refractivity contribution < 1.29 is 58.3 Å². The van der Waals surface area contributed by atoms with Gasteiger partial charge in [-0.3, -0.25) is 13.8 Å². The number of phosphoric ester groups is 1. The van der Waals surface area contributed by atoms with Crippen LogP contribution in [0, 0.1) is 0 Å². The van der Waals surface area contributed by atoms with Gasteiger partial charge in [-0.15, -0.1) is 0 Å². The second kappa shape index (κ2) is 33.3. The zero-order chi connectivity index (χ0) is 41.3. The highest BCUT2D eigenvalue weighted by molar-refractivity contribution is 7.47. The van der Waals surface area contributed by atoms with E-state index in [0.717, 1.165) is 77.0 Å². The molecule has 0 spiro atoms. The Kier molecular flexibility index (Phi) is 30.5. The van der Waals surface area contributed by atoms with Crippen LogP contribution in [0.4, 0.5) is 0 Å². The molecule has 6 unspecified atom stereocenters. The Hall–Kier alpha value is -2.74. The molecule has 56 heavy (non-hydrogen) atoms. The lowest BCUT2D eigenvalue weighted by molar-refractivity contribution is -0.220. The number of hydrogen-bond acceptors (Lipinski definition) is 11. The van der Waals surface area contributed by atoms with Gasteiger partial charge in [-0.1, -0.05) is 117 Å². The van der Waals surface area contributed by atoms with Crippen LogP contribution in [-0.4, -0.2) is 98.9 Å². The van der Waals surface area contributed by atoms with E-state index in [1.807, 2.05) is 18.2 Å². The number of carbonyl (C=O) groups is 1. The topological polar surface area (TPSA) is 192 Å². The Morgan fingerprint density at radius 2 is 1.00 bits per heavy atom. The highest BCUT2D eigenvalue weighted by atomic mass is 31.2. The molecule has 0 saturated heterocycles. The maximum Gasteiger partial charge on any atom is 0.472 e. The van der Waals surface area contributed by atoms with Gasteiger partial charge in [-0.05, 0) is 77.0 Å². The maximum absolute atomic E-state index is 12.8. The second-order valence-corrected chi connectivity index (χ2v) is 14.8. The number of aliphatic hydroxyl groups excluding tert-OH is 5. The molecule has 0 aliphatic heterocycles. The molecule has 0 aromatic heterocycles. The van der Waals surface area contributed by atoms with E-state index < -0.39 is 63.1 Å². The third-order valence-corrected chi connectivity index (χ3v) is 9.45. The van der Waals surface area contributed by atoms with E-state index in [2.05, 4.69) is 92.8 Å². The molecular weight excluding hydrogens is 739 g/mol. The second-order valence-electron chi connectivity index (χ2n) is 13.4. The summed E-state index contributed by atoms with van der Waals surface area (Å²) in [6.45, 7) is 3.82. The first-order valence-electron chi connectivity index (χ1n) is 20.1. The average molecular weight is 809 g/mol. The summed E-state index contributed by atoms with van der Waals surface area (Å²) < 4.78 is 33.9. The van der Waals surface area contributed by atoms with Gasteiger partial charge >= 0.3 is 13.8 Å². The van der Waals surface area contributed by atoms with Crippen LogP contribution in [0.1, 0.15) is 104 Å². The molecule has 1 aliphatic rings. The minimum absolute atomic E-state index is 0.0495. The standard InChI is InChI=1S/C43H69O12P/c1-3-5-7-9-11-13-15-17-18-19-21-23-25-27-29-31-33-52-34-36(35-53-56(50,51)55-43-41(48)39(46)38(45)40(47)42(43)49)54-37(44)32-30-28-26-24-22-20-16-14-12-10-8-6-4-2/h5-8,11-14,17-18,20-23,26,28,36,38-43,45-49H,3-4,9-10,15-16,19,24-25,27,29-35H2,1-2H3,(H,50,51)/b7-5-,8-6-,13-11-,14-12-,18-17-,22-20-,23-21-,28-26-. The zero-order valence-corrected chi connectivity index (χ0v) is 34.3. The molecule has 0 amide bonds. The van der Waals surface area contributed by atoms with Crippen LogP contribution in [-0.2, 0) is 27.9 Å². The number of phosphoric acid groups is 1. The Labute approximate surface area is 334 Å². The number of allylic oxidation sites excluding steroid dienone is 16. The van der Waals surface area contributed by atoms with E-state index in [-0.39, 0.29) is 13.0 Å². The lowest BCUT2D eigenvalue weighted by Gasteiger charge is -2.41. The number of aliphatic hydroxyl groups is 5. The summed E-state index contributed by atoms with van der Waals surface area (Å²) in [6.07, 6.45) is 32.2. The molecule has 318 valence electrons. The van der Waals surface area contributed by atoms with Crippen molar-refractivity contribution in [3.8, 4) is 0 Å². The van der Waals surface area contributed by atoms with Crippen LogP contribution in [0.15, 0.2) is 97.2 Å². The van der Waals surface area contributed by atoms with Crippen molar-refractivity contribution in [2.24, 2.45) is 0 Å². The summed E-state index contributed by atoms with van der Waals surface area (Å²) in [5.74, 6) is -0.574. The molecule has 0 bridgehead atoms.